The summed E-state index contributed by atoms with van der Waals surface area (Å²) in [7, 11) is 0. The van der Waals surface area contributed by atoms with Gasteiger partial charge in [0.25, 0.3) is 0 Å². The van der Waals surface area contributed by atoms with Crippen LogP contribution in [0.4, 0.5) is 0 Å². The first kappa shape index (κ1) is 8.28. The van der Waals surface area contributed by atoms with Crippen molar-refractivity contribution in [3.8, 4) is 0 Å². The fraction of sp³-hybridized carbons (Fsp3) is 0.250. The maximum absolute atomic E-state index is 5.45. The van der Waals surface area contributed by atoms with Gasteiger partial charge in [0.2, 0.25) is 0 Å². The van der Waals surface area contributed by atoms with E-state index in [1.165, 1.54) is 42.7 Å². The van der Waals surface area contributed by atoms with Gasteiger partial charge in [-0.3, -0.25) is 0 Å². The van der Waals surface area contributed by atoms with Crippen LogP contribution in [0.2, 0.25) is 0 Å². The van der Waals surface area contributed by atoms with Gasteiger partial charge in [-0.2, -0.15) is 0 Å². The first-order valence-corrected chi connectivity index (χ1v) is 5.06. The molecule has 0 aromatic heterocycles. The van der Waals surface area contributed by atoms with Crippen molar-refractivity contribution in [1.82, 2.24) is 0 Å². The third kappa shape index (κ3) is 2.10. The Morgan fingerprint density at radius 2 is 1.60 bits per heavy atom. The molecule has 0 aliphatic heterocycles. The molecule has 1 nitrogen and oxygen atoms in total. The molecule has 0 heterocycles. The van der Waals surface area contributed by atoms with Crippen molar-refractivity contribution in [3.05, 3.63) is 35.4 Å². The predicted molar refractivity (Wildman–Crippen MR) is 43.8 cm³/mol. The molecular weight excluding hydrogens is 133 g/mol. The Labute approximate surface area is 79.0 Å². The molecule has 0 radical (unpaired) electrons. The number of rotatable bonds is 2. The summed E-state index contributed by atoms with van der Waals surface area (Å²) in [4.78, 5) is 0. The van der Waals surface area contributed by atoms with E-state index in [1.807, 2.05) is 0 Å². The van der Waals surface area contributed by atoms with Crippen LogP contribution in [-0.2, 0) is 10.2 Å². The zero-order valence-corrected chi connectivity index (χ0v) is 8.30. The normalized spacial score (nSPS) is 9.90. The van der Waals surface area contributed by atoms with E-state index in [2.05, 4.69) is 24.3 Å². The second kappa shape index (κ2) is 4.14. The average molecular weight is 143 g/mol. The van der Waals surface area contributed by atoms with Gasteiger partial charge < -0.3 is 0 Å². The first-order chi connectivity index (χ1) is 4.86. The molecular formula is C8H10NNa. The van der Waals surface area contributed by atoms with Crippen LogP contribution in [0.15, 0.2) is 24.3 Å². The zero-order chi connectivity index (χ0) is 7.40. The monoisotopic (exact) mass is 143 g/mol. The summed E-state index contributed by atoms with van der Waals surface area (Å²) >= 11 is 1.24. The molecule has 0 aliphatic rings. The van der Waals surface area contributed by atoms with Gasteiger partial charge >= 0.3 is 79.3 Å². The van der Waals surface area contributed by atoms with Crippen LogP contribution >= 0.6 is 0 Å². The van der Waals surface area contributed by atoms with Crippen LogP contribution in [0.25, 0.3) is 0 Å². The van der Waals surface area contributed by atoms with Crippen molar-refractivity contribution in [3.63, 3.8) is 0 Å². The van der Waals surface area contributed by atoms with Gasteiger partial charge in [-0.05, 0) is 0 Å². The molecule has 1 rings (SSSR count). The average Bonchev–Trinajstić information content (AvgIpc) is 2.05. The van der Waals surface area contributed by atoms with Gasteiger partial charge in [0.1, 0.15) is 0 Å². The number of benzene rings is 1. The Bertz CT molecular complexity index is 170. The molecule has 0 bridgehead atoms. The third-order valence-corrected chi connectivity index (χ3v) is 2.48. The van der Waals surface area contributed by atoms with E-state index in [0.29, 0.717) is 6.54 Å². The molecule has 0 atom stereocenters. The minimum absolute atomic E-state index is 0.654. The van der Waals surface area contributed by atoms with E-state index in [1.54, 1.807) is 0 Å². The second-order valence-electron chi connectivity index (χ2n) is 2.37. The molecule has 0 aliphatic carbocycles. The van der Waals surface area contributed by atoms with E-state index in [9.17, 15) is 0 Å². The second-order valence-corrected chi connectivity index (χ2v) is 3.08. The van der Waals surface area contributed by atoms with Crippen LogP contribution in [0.1, 0.15) is 11.1 Å². The van der Waals surface area contributed by atoms with Crippen LogP contribution < -0.4 is 5.73 Å². The van der Waals surface area contributed by atoms with E-state index >= 15 is 0 Å². The molecule has 0 spiro atoms. The minimum atomic E-state index is 0.654. The molecule has 2 heteroatoms. The van der Waals surface area contributed by atoms with Crippen LogP contribution in [-0.4, -0.2) is 27.9 Å². The fourth-order valence-electron chi connectivity index (χ4n) is 0.911. The topological polar surface area (TPSA) is 26.0 Å². The molecule has 0 fully saturated rings. The standard InChI is InChI=1S/C8H10N.Na/c1-7-2-4-8(6-9)5-3-7;/h2-5H,1,6,9H2;. The Hall–Kier alpha value is 0.180. The zero-order valence-electron chi connectivity index (χ0n) is 6.30. The van der Waals surface area contributed by atoms with Crippen LogP contribution in [0.5, 0.6) is 0 Å². The number of hydrogen-bond donors (Lipinski definition) is 1. The Morgan fingerprint density at radius 3 is 2.00 bits per heavy atom. The SMILES string of the molecule is NCc1ccc([CH2][Na])cc1. The summed E-state index contributed by atoms with van der Waals surface area (Å²) < 4.78 is 1.24. The van der Waals surface area contributed by atoms with E-state index in [4.69, 9.17) is 5.73 Å². The van der Waals surface area contributed by atoms with Gasteiger partial charge in [-0.1, -0.05) is 0 Å². The van der Waals surface area contributed by atoms with Crippen molar-refractivity contribution in [2.45, 2.75) is 10.2 Å². The molecule has 10 heavy (non-hydrogen) atoms. The molecule has 2 N–H and O–H groups in total. The molecule has 0 saturated carbocycles. The number of nitrogens with two attached hydrogens (primary N) is 1. The maximum atomic E-state index is 5.45. The van der Waals surface area contributed by atoms with E-state index in [-0.39, 0.29) is 0 Å². The molecule has 0 unspecified atom stereocenters. The molecule has 0 saturated heterocycles. The van der Waals surface area contributed by atoms with Gasteiger partial charge in [0.15, 0.2) is 0 Å². The predicted octanol–water partition coefficient (Wildman–Crippen LogP) is 0.814. The Morgan fingerprint density at radius 1 is 1.10 bits per heavy atom. The Balaban J connectivity index is 2.80. The van der Waals surface area contributed by atoms with Gasteiger partial charge in [0.05, 0.1) is 0 Å². The van der Waals surface area contributed by atoms with Gasteiger partial charge in [0, 0.05) is 0 Å². The Kier molecular flexibility index (Phi) is 3.43. The van der Waals surface area contributed by atoms with Crippen molar-refractivity contribution in [1.29, 1.82) is 0 Å². The molecule has 48 valence electrons. The van der Waals surface area contributed by atoms with E-state index in [0.717, 1.165) is 0 Å². The molecule has 1 aromatic carbocycles. The van der Waals surface area contributed by atoms with Crippen LogP contribution in [0.3, 0.4) is 0 Å². The van der Waals surface area contributed by atoms with Crippen molar-refractivity contribution >= 4 is 27.9 Å². The summed E-state index contributed by atoms with van der Waals surface area (Å²) in [5.41, 5.74) is 8.11. The summed E-state index contributed by atoms with van der Waals surface area (Å²) in [6, 6.07) is 8.53. The quantitative estimate of drug-likeness (QED) is 0.609. The third-order valence-electron chi connectivity index (χ3n) is 1.67. The van der Waals surface area contributed by atoms with Crippen molar-refractivity contribution < 1.29 is 0 Å². The first-order valence-electron chi connectivity index (χ1n) is 3.64. The summed E-state index contributed by atoms with van der Waals surface area (Å²) in [6.45, 7) is 0.654. The molecule has 1 aromatic rings. The van der Waals surface area contributed by atoms with Crippen molar-refractivity contribution in [2.75, 3.05) is 0 Å². The van der Waals surface area contributed by atoms with Gasteiger partial charge in [-0.25, -0.2) is 0 Å². The summed E-state index contributed by atoms with van der Waals surface area (Å²) in [5, 5.41) is 0. The summed E-state index contributed by atoms with van der Waals surface area (Å²) in [6.07, 6.45) is 0. The van der Waals surface area contributed by atoms with E-state index < -0.39 is 0 Å². The summed E-state index contributed by atoms with van der Waals surface area (Å²) in [5.74, 6) is 0. The molecule has 0 amide bonds. The van der Waals surface area contributed by atoms with Crippen molar-refractivity contribution in [2.24, 2.45) is 5.73 Å². The number of hydrogen-bond acceptors (Lipinski definition) is 1. The van der Waals surface area contributed by atoms with Gasteiger partial charge in [-0.15, -0.1) is 0 Å². The van der Waals surface area contributed by atoms with Crippen LogP contribution in [0, 0.1) is 0 Å². The fourth-order valence-corrected chi connectivity index (χ4v) is 1.38.